The van der Waals surface area contributed by atoms with Crippen LogP contribution in [0.25, 0.3) is 0 Å². The summed E-state index contributed by atoms with van der Waals surface area (Å²) in [6.07, 6.45) is 0.288. The smallest absolute Gasteiger partial charge is 0.335 e. The van der Waals surface area contributed by atoms with Gasteiger partial charge in [-0.15, -0.1) is 11.8 Å². The van der Waals surface area contributed by atoms with Crippen molar-refractivity contribution in [1.29, 1.82) is 0 Å². The maximum Gasteiger partial charge on any atom is 0.335 e. The molecule has 4 rings (SSSR count). The van der Waals surface area contributed by atoms with Gasteiger partial charge >= 0.3 is 5.97 Å². The molecule has 180 valence electrons. The number of hydrogen-bond acceptors (Lipinski definition) is 4. The fourth-order valence-corrected chi connectivity index (χ4v) is 4.60. The molecule has 3 N–H and O–H groups in total. The number of benzene rings is 4. The molecule has 0 radical (unpaired) electrons. The number of carbonyl (C=O) groups is 3. The molecular weight excluding hydrogens is 472 g/mol. The molecule has 6 nitrogen and oxygen atoms in total. The van der Waals surface area contributed by atoms with Crippen molar-refractivity contribution in [2.24, 2.45) is 0 Å². The Morgan fingerprint density at radius 1 is 0.722 bits per heavy atom. The summed E-state index contributed by atoms with van der Waals surface area (Å²) in [5.74, 6) is -1.43. The van der Waals surface area contributed by atoms with E-state index in [2.05, 4.69) is 10.6 Å². The molecule has 0 spiro atoms. The minimum absolute atomic E-state index is 0.0987. The maximum absolute atomic E-state index is 13.2. The second-order valence-electron chi connectivity index (χ2n) is 8.02. The number of carboxylic acid groups (broad SMARTS) is 1. The van der Waals surface area contributed by atoms with Crippen LogP contribution in [0.1, 0.15) is 26.7 Å². The third-order valence-corrected chi connectivity index (χ3v) is 6.58. The van der Waals surface area contributed by atoms with Crippen LogP contribution < -0.4 is 10.6 Å². The van der Waals surface area contributed by atoms with Crippen molar-refractivity contribution >= 4 is 40.9 Å². The van der Waals surface area contributed by atoms with E-state index in [0.717, 1.165) is 16.0 Å². The van der Waals surface area contributed by atoms with Gasteiger partial charge in [-0.2, -0.15) is 0 Å². The zero-order chi connectivity index (χ0) is 25.3. The van der Waals surface area contributed by atoms with Gasteiger partial charge in [-0.1, -0.05) is 66.7 Å². The summed E-state index contributed by atoms with van der Waals surface area (Å²) in [6, 6.07) is 32.4. The summed E-state index contributed by atoms with van der Waals surface area (Å²) < 4.78 is 0. The molecule has 0 saturated carbocycles. The van der Waals surface area contributed by atoms with Gasteiger partial charge in [-0.05, 0) is 53.6 Å². The lowest BCUT2D eigenvalue weighted by Gasteiger charge is -2.17. The molecule has 0 saturated heterocycles. The largest absolute Gasteiger partial charge is 0.478 e. The summed E-state index contributed by atoms with van der Waals surface area (Å²) in [6.45, 7) is 0. The Balaban J connectivity index is 1.46. The van der Waals surface area contributed by atoms with Crippen LogP contribution in [-0.4, -0.2) is 22.9 Å². The number of nitrogens with one attached hydrogen (secondary N) is 2. The van der Waals surface area contributed by atoms with Gasteiger partial charge in [0.05, 0.1) is 12.0 Å². The number of amides is 2. The van der Waals surface area contributed by atoms with Crippen molar-refractivity contribution in [2.45, 2.75) is 16.6 Å². The zero-order valence-electron chi connectivity index (χ0n) is 19.3. The summed E-state index contributed by atoms with van der Waals surface area (Å²) in [4.78, 5) is 37.7. The molecule has 2 amide bonds. The fourth-order valence-electron chi connectivity index (χ4n) is 3.58. The lowest BCUT2D eigenvalue weighted by atomic mass is 10.1. The summed E-state index contributed by atoms with van der Waals surface area (Å²) >= 11 is 1.37. The van der Waals surface area contributed by atoms with E-state index >= 15 is 0 Å². The van der Waals surface area contributed by atoms with Gasteiger partial charge in [0.25, 0.3) is 0 Å². The molecule has 1 unspecified atom stereocenters. The molecule has 0 aliphatic heterocycles. The average molecular weight is 497 g/mol. The van der Waals surface area contributed by atoms with Gasteiger partial charge < -0.3 is 15.7 Å². The third-order valence-electron chi connectivity index (χ3n) is 5.32. The number of carbonyl (C=O) groups excluding carboxylic acids is 2. The van der Waals surface area contributed by atoms with E-state index in [4.69, 9.17) is 0 Å². The quantitative estimate of drug-likeness (QED) is 0.246. The maximum atomic E-state index is 13.2. The van der Waals surface area contributed by atoms with Crippen LogP contribution in [0.5, 0.6) is 0 Å². The van der Waals surface area contributed by atoms with Gasteiger partial charge in [0, 0.05) is 16.3 Å². The number of hydrogen-bond donors (Lipinski definition) is 3. The molecule has 0 bridgehead atoms. The van der Waals surface area contributed by atoms with Crippen molar-refractivity contribution in [3.63, 3.8) is 0 Å². The average Bonchev–Trinajstić information content (AvgIpc) is 2.89. The van der Waals surface area contributed by atoms with Crippen LogP contribution in [0.15, 0.2) is 114 Å². The molecule has 0 aliphatic carbocycles. The van der Waals surface area contributed by atoms with Gasteiger partial charge in [0.15, 0.2) is 0 Å². The molecule has 4 aromatic carbocycles. The highest BCUT2D eigenvalue weighted by molar-refractivity contribution is 8.00. The second-order valence-corrected chi connectivity index (χ2v) is 9.20. The van der Waals surface area contributed by atoms with Gasteiger partial charge in [0.1, 0.15) is 5.25 Å². The molecule has 36 heavy (non-hydrogen) atoms. The summed E-state index contributed by atoms with van der Waals surface area (Å²) in [5, 5.41) is 14.4. The van der Waals surface area contributed by atoms with Crippen molar-refractivity contribution in [3.05, 3.63) is 126 Å². The van der Waals surface area contributed by atoms with Crippen molar-refractivity contribution < 1.29 is 19.5 Å². The first kappa shape index (κ1) is 24.8. The number of aromatic carboxylic acids is 1. The van der Waals surface area contributed by atoms with Crippen molar-refractivity contribution in [1.82, 2.24) is 0 Å². The van der Waals surface area contributed by atoms with Crippen molar-refractivity contribution in [3.8, 4) is 0 Å². The molecule has 0 aliphatic rings. The zero-order valence-corrected chi connectivity index (χ0v) is 20.1. The standard InChI is InChI=1S/C29H24N2O4S/c32-26(18-20-8-3-1-4-9-20)30-23-14-16-25(17-15-23)36-27(21-10-5-2-6-11-21)28(33)31-24-13-7-12-22(19-24)29(34)35/h1-17,19,27H,18H2,(H,30,32)(H,31,33)(H,34,35). The van der Waals surface area contributed by atoms with Crippen LogP contribution >= 0.6 is 11.8 Å². The Labute approximate surface area is 213 Å². The molecule has 4 aromatic rings. The molecule has 0 fully saturated rings. The topological polar surface area (TPSA) is 95.5 Å². The minimum atomic E-state index is -1.06. The predicted molar refractivity (Wildman–Crippen MR) is 142 cm³/mol. The van der Waals surface area contributed by atoms with E-state index in [0.29, 0.717) is 11.4 Å². The predicted octanol–water partition coefficient (Wildman–Crippen LogP) is 6.04. The highest BCUT2D eigenvalue weighted by Crippen LogP contribution is 2.36. The van der Waals surface area contributed by atoms with Crippen LogP contribution in [0.4, 0.5) is 11.4 Å². The van der Waals surface area contributed by atoms with E-state index in [1.54, 1.807) is 12.1 Å². The van der Waals surface area contributed by atoms with Gasteiger partial charge in [-0.3, -0.25) is 9.59 Å². The minimum Gasteiger partial charge on any atom is -0.478 e. The lowest BCUT2D eigenvalue weighted by molar-refractivity contribution is -0.116. The first-order valence-corrected chi connectivity index (χ1v) is 12.2. The van der Waals surface area contributed by atoms with Gasteiger partial charge in [-0.25, -0.2) is 4.79 Å². The van der Waals surface area contributed by atoms with E-state index in [1.807, 2.05) is 84.9 Å². The van der Waals surface area contributed by atoms with E-state index in [1.165, 1.54) is 23.9 Å². The normalized spacial score (nSPS) is 11.3. The van der Waals surface area contributed by atoms with E-state index in [-0.39, 0.29) is 23.8 Å². The van der Waals surface area contributed by atoms with Crippen LogP contribution in [-0.2, 0) is 16.0 Å². The molecule has 0 heterocycles. The van der Waals surface area contributed by atoms with Crippen LogP contribution in [0, 0.1) is 0 Å². The summed E-state index contributed by atoms with van der Waals surface area (Å²) in [7, 11) is 0. The first-order valence-electron chi connectivity index (χ1n) is 11.3. The van der Waals surface area contributed by atoms with Crippen molar-refractivity contribution in [2.75, 3.05) is 10.6 Å². The fraction of sp³-hybridized carbons (Fsp3) is 0.0690. The number of thioether (sulfide) groups is 1. The monoisotopic (exact) mass is 496 g/mol. The van der Waals surface area contributed by atoms with Gasteiger partial charge in [0.2, 0.25) is 11.8 Å². The Hall–Kier alpha value is -4.36. The van der Waals surface area contributed by atoms with E-state index in [9.17, 15) is 19.5 Å². The molecule has 1 atom stereocenters. The molecular formula is C29H24N2O4S. The number of rotatable bonds is 9. The third kappa shape index (κ3) is 6.84. The number of carboxylic acids is 1. The lowest BCUT2D eigenvalue weighted by Crippen LogP contribution is -2.19. The molecule has 0 aromatic heterocycles. The van der Waals surface area contributed by atoms with Crippen LogP contribution in [0.3, 0.4) is 0 Å². The molecule has 7 heteroatoms. The SMILES string of the molecule is O=C(Cc1ccccc1)Nc1ccc(SC(C(=O)Nc2cccc(C(=O)O)c2)c2ccccc2)cc1. The second kappa shape index (κ2) is 11.9. The van der Waals surface area contributed by atoms with E-state index < -0.39 is 11.2 Å². The Kier molecular flexibility index (Phi) is 8.16. The highest BCUT2D eigenvalue weighted by Gasteiger charge is 2.22. The Bertz CT molecular complexity index is 1340. The first-order chi connectivity index (χ1) is 17.5. The van der Waals surface area contributed by atoms with Crippen LogP contribution in [0.2, 0.25) is 0 Å². The number of anilines is 2. The highest BCUT2D eigenvalue weighted by atomic mass is 32.2. The Morgan fingerprint density at radius 2 is 1.39 bits per heavy atom. The Morgan fingerprint density at radius 3 is 2.06 bits per heavy atom. The summed E-state index contributed by atoms with van der Waals surface area (Å²) in [5.41, 5.74) is 2.94.